The van der Waals surface area contributed by atoms with Crippen molar-refractivity contribution >= 4 is 0 Å². The average molecular weight is 200 g/mol. The van der Waals surface area contributed by atoms with E-state index in [1.807, 2.05) is 44.2 Å². The Morgan fingerprint density at radius 1 is 1.20 bits per heavy atom. The van der Waals surface area contributed by atoms with Crippen LogP contribution in [-0.2, 0) is 0 Å². The largest absolute Gasteiger partial charge is 0.345 e. The summed E-state index contributed by atoms with van der Waals surface area (Å²) in [6, 6.07) is 9.77. The van der Waals surface area contributed by atoms with E-state index in [0.717, 1.165) is 22.5 Å². The van der Waals surface area contributed by atoms with Crippen LogP contribution in [0, 0.1) is 13.8 Å². The number of nitrogens with zero attached hydrogens (tertiary/aromatic N) is 1. The molecule has 0 spiro atoms. The molecule has 0 saturated heterocycles. The number of benzene rings is 1. The molecule has 0 amide bonds. The summed E-state index contributed by atoms with van der Waals surface area (Å²) in [6.45, 7) is 3.86. The molecule has 1 N–H and O–H groups in total. The van der Waals surface area contributed by atoms with Crippen molar-refractivity contribution in [3.63, 3.8) is 0 Å². The van der Waals surface area contributed by atoms with E-state index in [9.17, 15) is 4.79 Å². The molecule has 2 aromatic rings. The summed E-state index contributed by atoms with van der Waals surface area (Å²) in [7, 11) is 0. The van der Waals surface area contributed by atoms with Gasteiger partial charge in [0.2, 0.25) is 0 Å². The van der Waals surface area contributed by atoms with Gasteiger partial charge in [0.15, 0.2) is 0 Å². The van der Waals surface area contributed by atoms with Crippen LogP contribution < -0.4 is 5.69 Å². The minimum atomic E-state index is -0.298. The maximum absolute atomic E-state index is 11.2. The Hall–Kier alpha value is -1.90. The molecule has 3 nitrogen and oxygen atoms in total. The highest BCUT2D eigenvalue weighted by molar-refractivity contribution is 5.63. The van der Waals surface area contributed by atoms with Crippen molar-refractivity contribution < 1.29 is 0 Å². The third kappa shape index (κ3) is 1.96. The third-order valence-electron chi connectivity index (χ3n) is 2.30. The molecule has 15 heavy (non-hydrogen) atoms. The van der Waals surface area contributed by atoms with Crippen LogP contribution >= 0.6 is 0 Å². The minimum Gasteiger partial charge on any atom is -0.310 e. The van der Waals surface area contributed by atoms with Crippen LogP contribution in [0.5, 0.6) is 0 Å². The van der Waals surface area contributed by atoms with Gasteiger partial charge in [-0.15, -0.1) is 0 Å². The van der Waals surface area contributed by atoms with Crippen LogP contribution in [0.3, 0.4) is 0 Å². The van der Waals surface area contributed by atoms with Crippen LogP contribution in [-0.4, -0.2) is 9.97 Å². The van der Waals surface area contributed by atoms with Gasteiger partial charge in [0, 0.05) is 11.3 Å². The van der Waals surface area contributed by atoms with E-state index in [1.54, 1.807) is 0 Å². The Labute approximate surface area is 87.8 Å². The molecule has 0 aliphatic rings. The van der Waals surface area contributed by atoms with Crippen molar-refractivity contribution in [1.29, 1.82) is 0 Å². The number of hydrogen-bond donors (Lipinski definition) is 1. The Morgan fingerprint density at radius 2 is 1.93 bits per heavy atom. The quantitative estimate of drug-likeness (QED) is 0.765. The van der Waals surface area contributed by atoms with Crippen LogP contribution in [0.4, 0.5) is 0 Å². The summed E-state index contributed by atoms with van der Waals surface area (Å²) in [5, 5.41) is 0. The molecule has 1 heterocycles. The van der Waals surface area contributed by atoms with Crippen molar-refractivity contribution in [3.8, 4) is 11.3 Å². The van der Waals surface area contributed by atoms with Crippen LogP contribution in [0.25, 0.3) is 11.3 Å². The van der Waals surface area contributed by atoms with Gasteiger partial charge in [0.1, 0.15) is 0 Å². The van der Waals surface area contributed by atoms with Crippen molar-refractivity contribution in [2.75, 3.05) is 0 Å². The van der Waals surface area contributed by atoms with Crippen LogP contribution in [0.1, 0.15) is 11.3 Å². The van der Waals surface area contributed by atoms with E-state index in [1.165, 1.54) is 0 Å². The Morgan fingerprint density at radius 3 is 2.60 bits per heavy atom. The molecule has 0 unspecified atom stereocenters. The first-order valence-corrected chi connectivity index (χ1v) is 4.81. The summed E-state index contributed by atoms with van der Waals surface area (Å²) in [4.78, 5) is 17.8. The minimum absolute atomic E-state index is 0.298. The lowest BCUT2D eigenvalue weighted by Gasteiger charge is -2.04. The molecule has 0 bridgehead atoms. The highest BCUT2D eigenvalue weighted by atomic mass is 16.1. The molecule has 1 aromatic heterocycles. The van der Waals surface area contributed by atoms with Gasteiger partial charge < -0.3 is 4.98 Å². The number of rotatable bonds is 1. The highest BCUT2D eigenvalue weighted by Gasteiger charge is 2.03. The molecular weight excluding hydrogens is 188 g/mol. The summed E-state index contributed by atoms with van der Waals surface area (Å²) < 4.78 is 0. The normalized spacial score (nSPS) is 10.3. The lowest BCUT2D eigenvalue weighted by atomic mass is 10.1. The molecule has 0 fully saturated rings. The Bertz CT molecular complexity index is 543. The summed E-state index contributed by atoms with van der Waals surface area (Å²) in [5.74, 6) is 0. The monoisotopic (exact) mass is 200 g/mol. The topological polar surface area (TPSA) is 45.8 Å². The van der Waals surface area contributed by atoms with Crippen LogP contribution in [0.15, 0.2) is 35.1 Å². The number of hydrogen-bond acceptors (Lipinski definition) is 2. The van der Waals surface area contributed by atoms with Gasteiger partial charge in [-0.2, -0.15) is 4.98 Å². The van der Waals surface area contributed by atoms with Gasteiger partial charge in [-0.05, 0) is 25.5 Å². The number of aryl methyl sites for hydroxylation is 2. The molecule has 76 valence electrons. The van der Waals surface area contributed by atoms with E-state index in [2.05, 4.69) is 9.97 Å². The fraction of sp³-hybridized carbons (Fsp3) is 0.167. The molecule has 0 aliphatic carbocycles. The first-order valence-electron chi connectivity index (χ1n) is 4.81. The number of nitrogens with one attached hydrogen (secondary N) is 1. The molecule has 3 heteroatoms. The first kappa shape index (κ1) is 9.65. The third-order valence-corrected chi connectivity index (χ3v) is 2.30. The van der Waals surface area contributed by atoms with Gasteiger partial charge >= 0.3 is 5.69 Å². The van der Waals surface area contributed by atoms with E-state index in [0.29, 0.717) is 0 Å². The molecule has 0 atom stereocenters. The van der Waals surface area contributed by atoms with E-state index < -0.39 is 0 Å². The van der Waals surface area contributed by atoms with Crippen molar-refractivity contribution in [2.45, 2.75) is 13.8 Å². The maximum atomic E-state index is 11.2. The molecule has 2 rings (SSSR count). The molecule has 0 aliphatic heterocycles. The van der Waals surface area contributed by atoms with Gasteiger partial charge in [-0.1, -0.05) is 24.3 Å². The van der Waals surface area contributed by atoms with Gasteiger partial charge in [-0.25, -0.2) is 4.79 Å². The second-order valence-electron chi connectivity index (χ2n) is 3.57. The summed E-state index contributed by atoms with van der Waals surface area (Å²) in [6.07, 6.45) is 0. The zero-order valence-electron chi connectivity index (χ0n) is 8.74. The van der Waals surface area contributed by atoms with E-state index >= 15 is 0 Å². The fourth-order valence-electron chi connectivity index (χ4n) is 1.58. The summed E-state index contributed by atoms with van der Waals surface area (Å²) in [5.41, 5.74) is 3.39. The zero-order chi connectivity index (χ0) is 10.8. The second-order valence-corrected chi connectivity index (χ2v) is 3.57. The number of aromatic amines is 1. The van der Waals surface area contributed by atoms with E-state index in [4.69, 9.17) is 0 Å². The Balaban J connectivity index is 2.64. The Kier molecular flexibility index (Phi) is 2.37. The van der Waals surface area contributed by atoms with Crippen molar-refractivity contribution in [2.24, 2.45) is 0 Å². The van der Waals surface area contributed by atoms with E-state index in [-0.39, 0.29) is 5.69 Å². The van der Waals surface area contributed by atoms with Gasteiger partial charge in [-0.3, -0.25) is 0 Å². The lowest BCUT2D eigenvalue weighted by molar-refractivity contribution is 1.03. The lowest BCUT2D eigenvalue weighted by Crippen LogP contribution is -2.12. The highest BCUT2D eigenvalue weighted by Crippen LogP contribution is 2.19. The fourth-order valence-corrected chi connectivity index (χ4v) is 1.58. The van der Waals surface area contributed by atoms with Crippen LogP contribution in [0.2, 0.25) is 0 Å². The van der Waals surface area contributed by atoms with Gasteiger partial charge in [0.05, 0.1) is 5.69 Å². The maximum Gasteiger partial charge on any atom is 0.345 e. The van der Waals surface area contributed by atoms with Gasteiger partial charge in [0.25, 0.3) is 0 Å². The predicted molar refractivity (Wildman–Crippen MR) is 59.8 cm³/mol. The summed E-state index contributed by atoms with van der Waals surface area (Å²) >= 11 is 0. The van der Waals surface area contributed by atoms with Crippen molar-refractivity contribution in [1.82, 2.24) is 9.97 Å². The molecule has 1 aromatic carbocycles. The average Bonchev–Trinajstić information content (AvgIpc) is 2.16. The SMILES string of the molecule is Cc1cc(-c2ccccc2C)nc(=O)[nH]1. The number of aromatic nitrogens is 2. The standard InChI is InChI=1S/C12H12N2O/c1-8-5-3-4-6-10(8)11-7-9(2)13-12(15)14-11/h3-7H,1-2H3,(H,13,14,15). The second kappa shape index (κ2) is 3.69. The first-order chi connectivity index (χ1) is 7.16. The smallest absolute Gasteiger partial charge is 0.310 e. The molecule has 0 saturated carbocycles. The predicted octanol–water partition coefficient (Wildman–Crippen LogP) is 2.05. The molecular formula is C12H12N2O. The number of H-pyrrole nitrogens is 1. The molecule has 0 radical (unpaired) electrons. The zero-order valence-corrected chi connectivity index (χ0v) is 8.74. The van der Waals surface area contributed by atoms with Crippen molar-refractivity contribution in [3.05, 3.63) is 52.1 Å².